The molecule has 54 valence electrons. The van der Waals surface area contributed by atoms with Crippen molar-refractivity contribution in [1.82, 2.24) is 5.32 Å². The Hall–Kier alpha value is -0.220. The maximum atomic E-state index is 10.2. The van der Waals surface area contributed by atoms with Gasteiger partial charge in [0.2, 0.25) is 5.91 Å². The van der Waals surface area contributed by atoms with Crippen LogP contribution in [-0.4, -0.2) is 17.3 Å². The number of nitrogens with two attached hydrogens (primary N) is 1. The smallest absolute Gasteiger partial charge is 0.231 e. The third-order valence-electron chi connectivity index (χ3n) is 0.695. The topological polar surface area (TPSA) is 55.1 Å². The van der Waals surface area contributed by atoms with Gasteiger partial charge in [0.15, 0.2) is 0 Å². The number of amides is 1. The van der Waals surface area contributed by atoms with Gasteiger partial charge >= 0.3 is 0 Å². The number of primary amides is 1. The molecule has 0 atom stereocenters. The van der Waals surface area contributed by atoms with Crippen LogP contribution in [0.25, 0.3) is 0 Å². The minimum Gasteiger partial charge on any atom is -0.369 e. The molecule has 0 bridgehead atoms. The van der Waals surface area contributed by atoms with E-state index in [0.29, 0.717) is 0 Å². The number of carbonyl (C=O) groups is 1. The monoisotopic (exact) mass is 148 g/mol. The van der Waals surface area contributed by atoms with Crippen molar-refractivity contribution in [2.45, 2.75) is 18.7 Å². The van der Waals surface area contributed by atoms with Crippen molar-refractivity contribution in [2.24, 2.45) is 5.73 Å². The molecule has 0 unspecified atom stereocenters. The second kappa shape index (κ2) is 3.08. The maximum Gasteiger partial charge on any atom is 0.231 e. The van der Waals surface area contributed by atoms with Crippen molar-refractivity contribution in [3.63, 3.8) is 0 Å². The van der Waals surface area contributed by atoms with Gasteiger partial charge in [-0.25, -0.2) is 0 Å². The van der Waals surface area contributed by atoms with Gasteiger partial charge in [0.05, 0.1) is 11.4 Å². The number of hydrogen-bond donors (Lipinski definition) is 3. The van der Waals surface area contributed by atoms with E-state index in [9.17, 15) is 4.79 Å². The van der Waals surface area contributed by atoms with Gasteiger partial charge in [0, 0.05) is 0 Å². The molecule has 0 aliphatic rings. The Morgan fingerprint density at radius 1 is 1.78 bits per heavy atom. The molecule has 1 amide bonds. The summed E-state index contributed by atoms with van der Waals surface area (Å²) in [5, 5.41) is 2.81. The third kappa shape index (κ3) is 7.78. The summed E-state index contributed by atoms with van der Waals surface area (Å²) in [5.74, 6) is -0.364. The molecule has 0 rings (SSSR count). The predicted octanol–water partition coefficient (Wildman–Crippen LogP) is -0.273. The van der Waals surface area contributed by atoms with Crippen LogP contribution in [0.3, 0.4) is 0 Å². The van der Waals surface area contributed by atoms with Crippen LogP contribution in [0.1, 0.15) is 13.8 Å². The van der Waals surface area contributed by atoms with E-state index in [-0.39, 0.29) is 17.3 Å². The summed E-state index contributed by atoms with van der Waals surface area (Å²) in [6, 6.07) is 0. The van der Waals surface area contributed by atoms with Crippen LogP contribution < -0.4 is 11.1 Å². The van der Waals surface area contributed by atoms with Gasteiger partial charge in [-0.3, -0.25) is 10.1 Å². The van der Waals surface area contributed by atoms with Crippen molar-refractivity contribution in [2.75, 3.05) is 6.54 Å². The van der Waals surface area contributed by atoms with Crippen LogP contribution >= 0.6 is 12.6 Å². The van der Waals surface area contributed by atoms with Crippen LogP contribution in [0.5, 0.6) is 0 Å². The summed E-state index contributed by atoms with van der Waals surface area (Å²) in [4.78, 5) is 9.85. The molecule has 0 aromatic rings. The molecule has 0 aromatic carbocycles. The average molecular weight is 148 g/mol. The Labute approximate surface area is 60.4 Å². The normalized spacial score (nSPS) is 11.4. The summed E-state index contributed by atoms with van der Waals surface area (Å²) in [5.41, 5.74) is 4.86. The molecule has 0 aliphatic carbocycles. The highest BCUT2D eigenvalue weighted by molar-refractivity contribution is 7.81. The summed E-state index contributed by atoms with van der Waals surface area (Å²) < 4.78 is 0. The van der Waals surface area contributed by atoms with Gasteiger partial charge in [0.25, 0.3) is 0 Å². The SMILES string of the molecule is CC(C)(S)NCC(N)=O. The number of rotatable bonds is 3. The highest BCUT2D eigenvalue weighted by Crippen LogP contribution is 2.04. The van der Waals surface area contributed by atoms with Crippen LogP contribution in [0.4, 0.5) is 0 Å². The van der Waals surface area contributed by atoms with Gasteiger partial charge in [-0.1, -0.05) is 0 Å². The van der Waals surface area contributed by atoms with E-state index in [2.05, 4.69) is 17.9 Å². The van der Waals surface area contributed by atoms with Gasteiger partial charge < -0.3 is 5.73 Å². The zero-order chi connectivity index (χ0) is 7.49. The lowest BCUT2D eigenvalue weighted by Gasteiger charge is -2.17. The van der Waals surface area contributed by atoms with E-state index in [4.69, 9.17) is 5.73 Å². The second-order valence-electron chi connectivity index (χ2n) is 2.38. The predicted molar refractivity (Wildman–Crippen MR) is 40.3 cm³/mol. The Bertz CT molecular complexity index is 108. The zero-order valence-corrected chi connectivity index (χ0v) is 6.53. The Balaban J connectivity index is 3.39. The second-order valence-corrected chi connectivity index (χ2v) is 3.50. The molecule has 3 nitrogen and oxygen atoms in total. The summed E-state index contributed by atoms with van der Waals surface area (Å²) >= 11 is 4.11. The summed E-state index contributed by atoms with van der Waals surface area (Å²) in [7, 11) is 0. The first-order valence-corrected chi connectivity index (χ1v) is 3.12. The number of nitrogens with one attached hydrogen (secondary N) is 1. The molecule has 0 aromatic heterocycles. The quantitative estimate of drug-likeness (QED) is 0.381. The van der Waals surface area contributed by atoms with Crippen molar-refractivity contribution in [3.05, 3.63) is 0 Å². The molecule has 4 heteroatoms. The lowest BCUT2D eigenvalue weighted by atomic mass is 10.4. The fraction of sp³-hybridized carbons (Fsp3) is 0.800. The van der Waals surface area contributed by atoms with Crippen molar-refractivity contribution < 1.29 is 4.79 Å². The largest absolute Gasteiger partial charge is 0.369 e. The Kier molecular flexibility index (Phi) is 3.00. The molecule has 0 saturated heterocycles. The number of carbonyl (C=O) groups excluding carboxylic acids is 1. The number of thiol groups is 1. The molecule has 9 heavy (non-hydrogen) atoms. The average Bonchev–Trinajstić information content (AvgIpc) is 1.59. The van der Waals surface area contributed by atoms with E-state index < -0.39 is 0 Å². The lowest BCUT2D eigenvalue weighted by Crippen LogP contribution is -2.39. The zero-order valence-electron chi connectivity index (χ0n) is 5.64. The summed E-state index contributed by atoms with van der Waals surface area (Å²) in [6.45, 7) is 3.87. The van der Waals surface area contributed by atoms with Gasteiger partial charge in [-0.05, 0) is 13.8 Å². The molecule has 0 saturated carbocycles. The van der Waals surface area contributed by atoms with Gasteiger partial charge in [-0.2, -0.15) is 12.6 Å². The Morgan fingerprint density at radius 3 is 2.33 bits per heavy atom. The summed E-state index contributed by atoms with van der Waals surface area (Å²) in [6.07, 6.45) is 0. The highest BCUT2D eigenvalue weighted by Gasteiger charge is 2.09. The van der Waals surface area contributed by atoms with Crippen LogP contribution in [0.15, 0.2) is 0 Å². The van der Waals surface area contributed by atoms with E-state index in [1.165, 1.54) is 0 Å². The first kappa shape index (κ1) is 8.78. The highest BCUT2D eigenvalue weighted by atomic mass is 32.1. The molecule has 0 spiro atoms. The van der Waals surface area contributed by atoms with E-state index in [1.807, 2.05) is 13.8 Å². The van der Waals surface area contributed by atoms with E-state index in [0.717, 1.165) is 0 Å². The van der Waals surface area contributed by atoms with Gasteiger partial charge in [0.1, 0.15) is 0 Å². The third-order valence-corrected chi connectivity index (χ3v) is 0.853. The van der Waals surface area contributed by atoms with Crippen molar-refractivity contribution >= 4 is 18.5 Å². The first-order valence-electron chi connectivity index (χ1n) is 2.67. The first-order chi connectivity index (χ1) is 3.92. The lowest BCUT2D eigenvalue weighted by molar-refractivity contribution is -0.117. The fourth-order valence-corrected chi connectivity index (χ4v) is 0.382. The van der Waals surface area contributed by atoms with Crippen LogP contribution in [0, 0.1) is 0 Å². The molecule has 0 radical (unpaired) electrons. The van der Waals surface area contributed by atoms with Crippen LogP contribution in [-0.2, 0) is 4.79 Å². The maximum absolute atomic E-state index is 10.2. The van der Waals surface area contributed by atoms with E-state index >= 15 is 0 Å². The molecular formula is C5H12N2OS. The number of hydrogen-bond acceptors (Lipinski definition) is 3. The Morgan fingerprint density at radius 2 is 2.22 bits per heavy atom. The minimum absolute atomic E-state index is 0.177. The van der Waals surface area contributed by atoms with Gasteiger partial charge in [-0.15, -0.1) is 0 Å². The molecule has 0 heterocycles. The molecular weight excluding hydrogens is 136 g/mol. The van der Waals surface area contributed by atoms with Crippen molar-refractivity contribution in [3.8, 4) is 0 Å². The minimum atomic E-state index is -0.364. The molecule has 0 aliphatic heterocycles. The van der Waals surface area contributed by atoms with Crippen molar-refractivity contribution in [1.29, 1.82) is 0 Å². The molecule has 0 fully saturated rings. The van der Waals surface area contributed by atoms with Crippen LogP contribution in [0.2, 0.25) is 0 Å². The fourth-order valence-electron chi connectivity index (χ4n) is 0.303. The molecule has 3 N–H and O–H groups in total. The van der Waals surface area contributed by atoms with E-state index in [1.54, 1.807) is 0 Å². The standard InChI is InChI=1S/C5H12N2OS/c1-5(2,9)7-3-4(6)8/h7,9H,3H2,1-2H3,(H2,6,8).